The summed E-state index contributed by atoms with van der Waals surface area (Å²) in [5.41, 5.74) is 1.24. The van der Waals surface area contributed by atoms with E-state index in [2.05, 4.69) is 46.2 Å². The second-order valence-electron chi connectivity index (χ2n) is 8.73. The minimum atomic E-state index is -0.595. The quantitative estimate of drug-likeness (QED) is 0.480. The van der Waals surface area contributed by atoms with Crippen molar-refractivity contribution in [3.8, 4) is 0 Å². The van der Waals surface area contributed by atoms with Crippen LogP contribution in [0.25, 0.3) is 11.0 Å². The molecule has 8 nitrogen and oxygen atoms in total. The number of benzene rings is 1. The van der Waals surface area contributed by atoms with Crippen LogP contribution in [0.5, 0.6) is 0 Å². The summed E-state index contributed by atoms with van der Waals surface area (Å²) in [4.78, 5) is 47.7. The number of H-pyrrole nitrogens is 1. The lowest BCUT2D eigenvalue weighted by Crippen LogP contribution is -2.45. The molecule has 1 unspecified atom stereocenters. The number of pyridine rings is 1. The van der Waals surface area contributed by atoms with Crippen LogP contribution in [0.4, 0.5) is 0 Å². The Kier molecular flexibility index (Phi) is 8.39. The zero-order chi connectivity index (χ0) is 24.8. The van der Waals surface area contributed by atoms with E-state index in [9.17, 15) is 14.4 Å². The number of hydrogen-bond donors (Lipinski definition) is 2. The molecule has 2 aromatic heterocycles. The minimum absolute atomic E-state index is 0.0251. The highest BCUT2D eigenvalue weighted by atomic mass is 16.2. The molecule has 0 saturated carbocycles. The van der Waals surface area contributed by atoms with Gasteiger partial charge >= 0.3 is 5.69 Å². The summed E-state index contributed by atoms with van der Waals surface area (Å²) in [6.45, 7) is 12.5. The third-order valence-corrected chi connectivity index (χ3v) is 6.26. The van der Waals surface area contributed by atoms with Gasteiger partial charge in [0.25, 0.3) is 11.5 Å². The molecule has 8 heteroatoms. The van der Waals surface area contributed by atoms with Gasteiger partial charge in [0.15, 0.2) is 5.65 Å². The van der Waals surface area contributed by atoms with Crippen LogP contribution < -0.4 is 16.6 Å². The van der Waals surface area contributed by atoms with Gasteiger partial charge in [0.05, 0.1) is 10.9 Å². The van der Waals surface area contributed by atoms with Crippen molar-refractivity contribution in [3.63, 3.8) is 0 Å². The fourth-order valence-electron chi connectivity index (χ4n) is 4.32. The smallest absolute Gasteiger partial charge is 0.329 e. The highest BCUT2D eigenvalue weighted by molar-refractivity contribution is 6.05. The van der Waals surface area contributed by atoms with E-state index in [1.165, 1.54) is 10.1 Å². The number of carbonyl (C=O) groups is 1. The van der Waals surface area contributed by atoms with Gasteiger partial charge in [-0.05, 0) is 44.0 Å². The van der Waals surface area contributed by atoms with Crippen molar-refractivity contribution >= 4 is 16.9 Å². The minimum Gasteiger partial charge on any atom is -0.350 e. The molecule has 0 aliphatic carbocycles. The van der Waals surface area contributed by atoms with Gasteiger partial charge in [-0.1, -0.05) is 58.0 Å². The van der Waals surface area contributed by atoms with Crippen LogP contribution in [0, 0.1) is 0 Å². The topological polar surface area (TPSA) is 100 Å². The molecule has 0 aliphatic rings. The molecule has 0 bridgehead atoms. The summed E-state index contributed by atoms with van der Waals surface area (Å²) in [6.07, 6.45) is 0.799. The predicted octanol–water partition coefficient (Wildman–Crippen LogP) is 2.91. The molecular formula is C26H35N5O3. The number of hydrogen-bond acceptors (Lipinski definition) is 5. The first kappa shape index (κ1) is 25.4. The van der Waals surface area contributed by atoms with Gasteiger partial charge in [0.1, 0.15) is 0 Å². The van der Waals surface area contributed by atoms with Crippen LogP contribution in [0.3, 0.4) is 0 Å². The number of likely N-dealkylation sites (N-methyl/N-ethyl adjacent to an activating group) is 1. The standard InChI is InChI=1S/C26H35N5O3/c1-6-30(7-2)19(14-18-12-10-9-11-13-18)16-27-24(32)20-15-21(17(4)5)28-23-22(20)25(33)29-26(34)31(23)8-3/h9-13,15,17,19H,6-8,14,16H2,1-5H3,(H,27,32)(H,29,33,34). The first-order valence-corrected chi connectivity index (χ1v) is 12.0. The lowest BCUT2D eigenvalue weighted by atomic mass is 10.0. The van der Waals surface area contributed by atoms with E-state index >= 15 is 0 Å². The van der Waals surface area contributed by atoms with E-state index < -0.39 is 11.2 Å². The molecule has 0 aliphatic heterocycles. The first-order valence-electron chi connectivity index (χ1n) is 12.0. The number of carbonyl (C=O) groups excluding carboxylic acids is 1. The van der Waals surface area contributed by atoms with Gasteiger partial charge < -0.3 is 5.32 Å². The summed E-state index contributed by atoms with van der Waals surface area (Å²) >= 11 is 0. The summed E-state index contributed by atoms with van der Waals surface area (Å²) in [5, 5.41) is 3.20. The second-order valence-corrected chi connectivity index (χ2v) is 8.73. The molecule has 2 N–H and O–H groups in total. The lowest BCUT2D eigenvalue weighted by molar-refractivity contribution is 0.0936. The number of nitrogens with zero attached hydrogens (tertiary/aromatic N) is 3. The molecule has 0 spiro atoms. The Morgan fingerprint density at radius 2 is 1.79 bits per heavy atom. The van der Waals surface area contributed by atoms with E-state index in [1.54, 1.807) is 13.0 Å². The van der Waals surface area contributed by atoms with Crippen molar-refractivity contribution in [1.82, 2.24) is 24.8 Å². The average Bonchev–Trinajstić information content (AvgIpc) is 2.82. The van der Waals surface area contributed by atoms with Crippen LogP contribution in [0.15, 0.2) is 46.0 Å². The van der Waals surface area contributed by atoms with Crippen molar-refractivity contribution in [3.05, 3.63) is 74.1 Å². The highest BCUT2D eigenvalue weighted by Gasteiger charge is 2.22. The van der Waals surface area contributed by atoms with E-state index in [1.807, 2.05) is 32.0 Å². The Bertz CT molecular complexity index is 1240. The maximum Gasteiger partial charge on any atom is 0.329 e. The van der Waals surface area contributed by atoms with Crippen LogP contribution >= 0.6 is 0 Å². The van der Waals surface area contributed by atoms with Crippen LogP contribution in [0.1, 0.15) is 62.2 Å². The number of aromatic amines is 1. The lowest BCUT2D eigenvalue weighted by Gasteiger charge is -2.30. The largest absolute Gasteiger partial charge is 0.350 e. The van der Waals surface area contributed by atoms with Crippen LogP contribution in [0.2, 0.25) is 0 Å². The molecule has 0 saturated heterocycles. The van der Waals surface area contributed by atoms with Crippen molar-refractivity contribution in [1.29, 1.82) is 0 Å². The molecule has 2 heterocycles. The number of aryl methyl sites for hydroxylation is 1. The molecule has 1 amide bonds. The molecular weight excluding hydrogens is 430 g/mol. The Morgan fingerprint density at radius 3 is 2.38 bits per heavy atom. The molecule has 1 aromatic carbocycles. The summed E-state index contributed by atoms with van der Waals surface area (Å²) in [5.74, 6) is -0.316. The highest BCUT2D eigenvalue weighted by Crippen LogP contribution is 2.20. The summed E-state index contributed by atoms with van der Waals surface area (Å²) in [7, 11) is 0. The second kappa shape index (κ2) is 11.2. The van der Waals surface area contributed by atoms with E-state index in [0.29, 0.717) is 18.8 Å². The number of aromatic nitrogens is 3. The molecule has 3 rings (SSSR count). The van der Waals surface area contributed by atoms with Crippen molar-refractivity contribution in [2.24, 2.45) is 0 Å². The van der Waals surface area contributed by atoms with Gasteiger partial charge in [-0.15, -0.1) is 0 Å². The van der Waals surface area contributed by atoms with E-state index in [-0.39, 0.29) is 34.5 Å². The molecule has 3 aromatic rings. The van der Waals surface area contributed by atoms with Crippen molar-refractivity contribution < 1.29 is 4.79 Å². The summed E-state index contributed by atoms with van der Waals surface area (Å²) in [6, 6.07) is 12.0. The molecule has 34 heavy (non-hydrogen) atoms. The maximum absolute atomic E-state index is 13.4. The van der Waals surface area contributed by atoms with Crippen molar-refractivity contribution in [2.45, 2.75) is 59.5 Å². The monoisotopic (exact) mass is 465 g/mol. The molecule has 182 valence electrons. The van der Waals surface area contributed by atoms with Gasteiger partial charge in [0, 0.05) is 24.8 Å². The molecule has 0 radical (unpaired) electrons. The maximum atomic E-state index is 13.4. The van der Waals surface area contributed by atoms with Crippen LogP contribution in [-0.4, -0.2) is 51.0 Å². The fraction of sp³-hybridized carbons (Fsp3) is 0.462. The van der Waals surface area contributed by atoms with Gasteiger partial charge in [-0.2, -0.15) is 0 Å². The third-order valence-electron chi connectivity index (χ3n) is 6.26. The fourth-order valence-corrected chi connectivity index (χ4v) is 4.32. The zero-order valence-corrected chi connectivity index (χ0v) is 20.7. The summed E-state index contributed by atoms with van der Waals surface area (Å²) < 4.78 is 1.40. The first-order chi connectivity index (χ1) is 16.3. The Morgan fingerprint density at radius 1 is 1.12 bits per heavy atom. The van der Waals surface area contributed by atoms with Gasteiger partial charge in [-0.3, -0.25) is 24.0 Å². The predicted molar refractivity (Wildman–Crippen MR) is 136 cm³/mol. The molecule has 1 atom stereocenters. The van der Waals surface area contributed by atoms with E-state index in [0.717, 1.165) is 19.5 Å². The SMILES string of the molecule is CCN(CC)C(CNC(=O)c1cc(C(C)C)nc2c1c(=O)[nH]c(=O)n2CC)Cc1ccccc1. The molecule has 0 fully saturated rings. The van der Waals surface area contributed by atoms with Crippen molar-refractivity contribution in [2.75, 3.05) is 19.6 Å². The number of fused-ring (bicyclic) bond motifs is 1. The van der Waals surface area contributed by atoms with E-state index in [4.69, 9.17) is 0 Å². The van der Waals surface area contributed by atoms with Gasteiger partial charge in [0.2, 0.25) is 0 Å². The third kappa shape index (κ3) is 5.44. The van der Waals surface area contributed by atoms with Gasteiger partial charge in [-0.25, -0.2) is 9.78 Å². The average molecular weight is 466 g/mol. The Balaban J connectivity index is 1.99. The van der Waals surface area contributed by atoms with Crippen LogP contribution in [-0.2, 0) is 13.0 Å². The number of amides is 1. The number of nitrogens with one attached hydrogen (secondary N) is 2. The zero-order valence-electron chi connectivity index (χ0n) is 20.7. The number of rotatable bonds is 10. The Labute approximate surface area is 200 Å². The normalized spacial score (nSPS) is 12.4. The Hall–Kier alpha value is -3.26.